The number of aromatic nitrogens is 3. The third-order valence-electron chi connectivity index (χ3n) is 6.90. The number of likely N-dealkylation sites (tertiary alicyclic amines) is 1. The fourth-order valence-corrected chi connectivity index (χ4v) is 4.96. The van der Waals surface area contributed by atoms with Crippen LogP contribution in [0, 0.1) is 19.7 Å². The fourth-order valence-electron chi connectivity index (χ4n) is 4.96. The Kier molecular flexibility index (Phi) is 6.01. The minimum absolute atomic E-state index is 0.0122. The molecule has 2 aromatic heterocycles. The molecule has 0 aliphatic carbocycles. The molecule has 2 fully saturated rings. The number of carbonyl (C=O) groups is 1. The predicted molar refractivity (Wildman–Crippen MR) is 120 cm³/mol. The zero-order chi connectivity index (χ0) is 22.9. The van der Waals surface area contributed by atoms with E-state index in [0.29, 0.717) is 24.5 Å². The Morgan fingerprint density at radius 2 is 1.91 bits per heavy atom. The van der Waals surface area contributed by atoms with E-state index in [2.05, 4.69) is 14.7 Å². The van der Waals surface area contributed by atoms with E-state index in [9.17, 15) is 9.18 Å². The van der Waals surface area contributed by atoms with E-state index in [4.69, 9.17) is 9.26 Å². The van der Waals surface area contributed by atoms with Crippen LogP contribution in [-0.4, -0.2) is 45.3 Å². The molecule has 0 saturated carbocycles. The Morgan fingerprint density at radius 1 is 1.15 bits per heavy atom. The van der Waals surface area contributed by atoms with Gasteiger partial charge in [-0.2, -0.15) is 4.98 Å². The summed E-state index contributed by atoms with van der Waals surface area (Å²) in [4.78, 5) is 20.1. The molecule has 1 unspecified atom stereocenters. The second-order valence-corrected chi connectivity index (χ2v) is 9.03. The van der Waals surface area contributed by atoms with E-state index < -0.39 is 0 Å². The molecule has 5 rings (SSSR count). The molecular weight excluding hydrogens is 423 g/mol. The number of nitrogens with zero attached hydrogens (tertiary/aromatic N) is 4. The summed E-state index contributed by atoms with van der Waals surface area (Å²) in [6.07, 6.45) is 3.51. The molecule has 7 nitrogen and oxygen atoms in total. The van der Waals surface area contributed by atoms with Crippen molar-refractivity contribution in [1.29, 1.82) is 0 Å². The summed E-state index contributed by atoms with van der Waals surface area (Å²) >= 11 is 0. The van der Waals surface area contributed by atoms with Crippen molar-refractivity contribution < 1.29 is 18.4 Å². The van der Waals surface area contributed by atoms with Gasteiger partial charge >= 0.3 is 0 Å². The topological polar surface area (TPSA) is 73.4 Å². The minimum atomic E-state index is -0.253. The van der Waals surface area contributed by atoms with Gasteiger partial charge in [0.25, 0.3) is 5.91 Å². The molecule has 1 amide bonds. The third-order valence-corrected chi connectivity index (χ3v) is 6.90. The van der Waals surface area contributed by atoms with Gasteiger partial charge in [-0.3, -0.25) is 4.79 Å². The molecule has 4 heterocycles. The average molecular weight is 453 g/mol. The highest BCUT2D eigenvalue weighted by atomic mass is 19.1. The first-order chi connectivity index (χ1) is 16.0. The molecule has 3 aromatic rings. The number of aryl methyl sites for hydroxylation is 1. The van der Waals surface area contributed by atoms with E-state index in [1.807, 2.05) is 24.8 Å². The van der Waals surface area contributed by atoms with Crippen molar-refractivity contribution in [3.8, 4) is 0 Å². The normalized spacial score (nSPS) is 19.4. The highest BCUT2D eigenvalue weighted by Gasteiger charge is 2.36. The van der Waals surface area contributed by atoms with Gasteiger partial charge < -0.3 is 18.7 Å². The first-order valence-corrected chi connectivity index (χ1v) is 11.6. The molecule has 0 bridgehead atoms. The van der Waals surface area contributed by atoms with E-state index >= 15 is 0 Å². The summed E-state index contributed by atoms with van der Waals surface area (Å²) in [6.45, 7) is 6.65. The Hall–Kier alpha value is -3.00. The predicted octanol–water partition coefficient (Wildman–Crippen LogP) is 4.55. The number of benzene rings is 1. The van der Waals surface area contributed by atoms with Crippen LogP contribution in [0.4, 0.5) is 4.39 Å². The lowest BCUT2D eigenvalue weighted by molar-refractivity contribution is 0.0709. The zero-order valence-corrected chi connectivity index (χ0v) is 19.1. The van der Waals surface area contributed by atoms with Crippen molar-refractivity contribution in [2.24, 2.45) is 0 Å². The first-order valence-electron chi connectivity index (χ1n) is 11.6. The van der Waals surface area contributed by atoms with Crippen LogP contribution in [0.1, 0.15) is 76.7 Å². The third kappa shape index (κ3) is 4.31. The van der Waals surface area contributed by atoms with Crippen molar-refractivity contribution in [2.75, 3.05) is 19.8 Å². The molecule has 0 N–H and O–H groups in total. The average Bonchev–Trinajstić information content (AvgIpc) is 3.56. The fraction of sp³-hybridized carbons (Fsp3) is 0.480. The van der Waals surface area contributed by atoms with Crippen molar-refractivity contribution in [2.45, 2.75) is 58.0 Å². The van der Waals surface area contributed by atoms with Crippen LogP contribution in [0.15, 0.2) is 34.9 Å². The first kappa shape index (κ1) is 21.8. The molecule has 33 heavy (non-hydrogen) atoms. The van der Waals surface area contributed by atoms with Crippen molar-refractivity contribution in [3.05, 3.63) is 70.4 Å². The standard InChI is InChI=1S/C25H29FN4O3/c1-16-14-21(17(2)30(16)15-18-5-7-20(26)8-6-18)25(31)29-11-3-4-22(29)24-27-23(28-33-24)19-9-12-32-13-10-19/h5-8,14,19,22H,3-4,9-13,15H2,1-2H3. The summed E-state index contributed by atoms with van der Waals surface area (Å²) in [7, 11) is 0. The van der Waals surface area contributed by atoms with Gasteiger partial charge in [0.05, 0.1) is 5.56 Å². The monoisotopic (exact) mass is 452 g/mol. The van der Waals surface area contributed by atoms with Crippen LogP contribution in [0.25, 0.3) is 0 Å². The summed E-state index contributed by atoms with van der Waals surface area (Å²) in [5.41, 5.74) is 3.57. The zero-order valence-electron chi connectivity index (χ0n) is 19.1. The Labute approximate surface area is 192 Å². The lowest BCUT2D eigenvalue weighted by Gasteiger charge is -2.22. The quantitative estimate of drug-likeness (QED) is 0.568. The van der Waals surface area contributed by atoms with E-state index in [0.717, 1.165) is 61.7 Å². The van der Waals surface area contributed by atoms with E-state index in [-0.39, 0.29) is 23.7 Å². The lowest BCUT2D eigenvalue weighted by atomic mass is 10.00. The summed E-state index contributed by atoms with van der Waals surface area (Å²) < 4.78 is 26.4. The van der Waals surface area contributed by atoms with Crippen molar-refractivity contribution >= 4 is 5.91 Å². The van der Waals surface area contributed by atoms with Crippen molar-refractivity contribution in [3.63, 3.8) is 0 Å². The maximum Gasteiger partial charge on any atom is 0.256 e. The van der Waals surface area contributed by atoms with Gasteiger partial charge in [-0.15, -0.1) is 0 Å². The number of amides is 1. The molecular formula is C25H29FN4O3. The van der Waals surface area contributed by atoms with Gasteiger partial charge in [0.15, 0.2) is 5.82 Å². The van der Waals surface area contributed by atoms with Crippen LogP contribution in [0.2, 0.25) is 0 Å². The maximum absolute atomic E-state index is 13.6. The second-order valence-electron chi connectivity index (χ2n) is 9.03. The summed E-state index contributed by atoms with van der Waals surface area (Å²) in [5.74, 6) is 1.25. The molecule has 1 atom stereocenters. The SMILES string of the molecule is Cc1cc(C(=O)N2CCCC2c2nc(C3CCOCC3)no2)c(C)n1Cc1ccc(F)cc1. The molecule has 2 saturated heterocycles. The van der Waals surface area contributed by atoms with Crippen LogP contribution in [0.5, 0.6) is 0 Å². The largest absolute Gasteiger partial charge is 0.381 e. The number of rotatable bonds is 5. The molecule has 174 valence electrons. The number of ether oxygens (including phenoxy) is 1. The Balaban J connectivity index is 1.35. The number of carbonyl (C=O) groups excluding carboxylic acids is 1. The van der Waals surface area contributed by atoms with Crippen LogP contribution in [0.3, 0.4) is 0 Å². The lowest BCUT2D eigenvalue weighted by Crippen LogP contribution is -2.31. The van der Waals surface area contributed by atoms with Gasteiger partial charge in [0.1, 0.15) is 11.9 Å². The smallest absolute Gasteiger partial charge is 0.256 e. The van der Waals surface area contributed by atoms with Gasteiger partial charge in [-0.1, -0.05) is 17.3 Å². The van der Waals surface area contributed by atoms with Gasteiger partial charge in [0, 0.05) is 43.6 Å². The summed E-state index contributed by atoms with van der Waals surface area (Å²) in [5, 5.41) is 4.23. The minimum Gasteiger partial charge on any atom is -0.381 e. The Bertz CT molecular complexity index is 1130. The molecule has 0 radical (unpaired) electrons. The van der Waals surface area contributed by atoms with Gasteiger partial charge in [-0.25, -0.2) is 4.39 Å². The molecule has 2 aliphatic rings. The number of hydrogen-bond acceptors (Lipinski definition) is 5. The van der Waals surface area contributed by atoms with E-state index in [1.165, 1.54) is 12.1 Å². The van der Waals surface area contributed by atoms with Crippen LogP contribution in [-0.2, 0) is 11.3 Å². The molecule has 2 aliphatic heterocycles. The highest BCUT2D eigenvalue weighted by molar-refractivity contribution is 5.96. The second kappa shape index (κ2) is 9.09. The van der Waals surface area contributed by atoms with Crippen LogP contribution >= 0.6 is 0 Å². The van der Waals surface area contributed by atoms with E-state index in [1.54, 1.807) is 12.1 Å². The van der Waals surface area contributed by atoms with Gasteiger partial charge in [-0.05, 0) is 63.3 Å². The molecule has 0 spiro atoms. The van der Waals surface area contributed by atoms with Crippen LogP contribution < -0.4 is 0 Å². The van der Waals surface area contributed by atoms with Crippen molar-refractivity contribution in [1.82, 2.24) is 19.6 Å². The molecule has 8 heteroatoms. The Morgan fingerprint density at radius 3 is 2.67 bits per heavy atom. The molecule has 1 aromatic carbocycles. The maximum atomic E-state index is 13.6. The highest BCUT2D eigenvalue weighted by Crippen LogP contribution is 2.34. The van der Waals surface area contributed by atoms with Gasteiger partial charge in [0.2, 0.25) is 5.89 Å². The number of hydrogen-bond donors (Lipinski definition) is 0. The summed E-state index contributed by atoms with van der Waals surface area (Å²) in [6, 6.07) is 8.22. The number of halogens is 1.